The lowest BCUT2D eigenvalue weighted by atomic mass is 10.2. The first-order valence-electron chi connectivity index (χ1n) is 7.35. The van der Waals surface area contributed by atoms with Crippen LogP contribution in [0.4, 0.5) is 10.8 Å². The van der Waals surface area contributed by atoms with E-state index in [-0.39, 0.29) is 21.8 Å². The van der Waals surface area contributed by atoms with E-state index in [4.69, 9.17) is 11.6 Å². The Bertz CT molecular complexity index is 978. The Kier molecular flexibility index (Phi) is 5.53. The van der Waals surface area contributed by atoms with Gasteiger partial charge in [-0.2, -0.15) is 10.4 Å². The van der Waals surface area contributed by atoms with Crippen LogP contribution in [0.5, 0.6) is 0 Å². The molecular weight excluding hydrogens is 372 g/mol. The van der Waals surface area contributed by atoms with E-state index in [9.17, 15) is 10.1 Å². The number of aromatic nitrogens is 2. The van der Waals surface area contributed by atoms with E-state index in [1.807, 2.05) is 12.1 Å². The number of nitriles is 1. The molecule has 1 aromatic heterocycles. The molecule has 128 valence electrons. The van der Waals surface area contributed by atoms with E-state index >= 15 is 0 Å². The summed E-state index contributed by atoms with van der Waals surface area (Å²) in [5.41, 5.74) is 3.98. The van der Waals surface area contributed by atoms with Crippen molar-refractivity contribution in [1.82, 2.24) is 10.2 Å². The van der Waals surface area contributed by atoms with Crippen LogP contribution in [0.3, 0.4) is 0 Å². The molecule has 3 aromatic rings. The Labute approximate surface area is 158 Å². The highest BCUT2D eigenvalue weighted by molar-refractivity contribution is 7.17. The van der Waals surface area contributed by atoms with Crippen molar-refractivity contribution in [1.29, 1.82) is 5.26 Å². The highest BCUT2D eigenvalue weighted by Crippen LogP contribution is 2.18. The molecule has 0 fully saturated rings. The van der Waals surface area contributed by atoms with Gasteiger partial charge in [0.25, 0.3) is 5.91 Å². The summed E-state index contributed by atoms with van der Waals surface area (Å²) < 4.78 is 0. The van der Waals surface area contributed by atoms with Gasteiger partial charge in [0, 0.05) is 10.6 Å². The molecule has 1 heterocycles. The summed E-state index contributed by atoms with van der Waals surface area (Å²) in [7, 11) is 0. The third kappa shape index (κ3) is 4.42. The van der Waals surface area contributed by atoms with Crippen molar-refractivity contribution in [3.8, 4) is 6.07 Å². The second-order valence-electron chi connectivity index (χ2n) is 4.92. The predicted molar refractivity (Wildman–Crippen MR) is 102 cm³/mol. The van der Waals surface area contributed by atoms with E-state index in [1.54, 1.807) is 48.5 Å². The van der Waals surface area contributed by atoms with Crippen LogP contribution in [-0.2, 0) is 0 Å². The summed E-state index contributed by atoms with van der Waals surface area (Å²) in [4.78, 5) is 12.1. The fourth-order valence-electron chi connectivity index (χ4n) is 1.89. The smallest absolute Gasteiger partial charge is 0.257 e. The van der Waals surface area contributed by atoms with Crippen LogP contribution in [0.25, 0.3) is 0 Å². The minimum absolute atomic E-state index is 0.0534. The molecule has 0 aliphatic heterocycles. The number of nitrogens with one attached hydrogen (secondary N) is 2. The first-order chi connectivity index (χ1) is 12.7. The van der Waals surface area contributed by atoms with Gasteiger partial charge in [-0.3, -0.25) is 15.5 Å². The van der Waals surface area contributed by atoms with E-state index in [1.165, 1.54) is 0 Å². The number of hydrogen-bond donors (Lipinski definition) is 2. The second-order valence-corrected chi connectivity index (χ2v) is 6.34. The minimum atomic E-state index is -0.303. The van der Waals surface area contributed by atoms with Crippen LogP contribution in [-0.4, -0.2) is 21.8 Å². The van der Waals surface area contributed by atoms with E-state index in [0.29, 0.717) is 16.3 Å². The van der Waals surface area contributed by atoms with Gasteiger partial charge < -0.3 is 0 Å². The second kappa shape index (κ2) is 8.20. The van der Waals surface area contributed by atoms with Gasteiger partial charge in [0.15, 0.2) is 10.7 Å². The number of hydrogen-bond acceptors (Lipinski definition) is 7. The Morgan fingerprint density at radius 1 is 1.12 bits per heavy atom. The summed E-state index contributed by atoms with van der Waals surface area (Å²) >= 11 is 6.88. The van der Waals surface area contributed by atoms with Crippen molar-refractivity contribution in [2.45, 2.75) is 0 Å². The SMILES string of the molecule is N#C/C(=N\Nc1ccc(Cl)cc1)c1nnc(NC(=O)c2ccccc2)s1. The standard InChI is InChI=1S/C17H11ClN6OS/c18-12-6-8-13(9-7-12)21-22-14(10-19)16-23-24-17(26-16)20-15(25)11-4-2-1-3-5-11/h1-9,21H,(H,20,24,25)/b22-14+. The van der Waals surface area contributed by atoms with Crippen molar-refractivity contribution in [3.63, 3.8) is 0 Å². The molecule has 2 N–H and O–H groups in total. The highest BCUT2D eigenvalue weighted by atomic mass is 35.5. The summed E-state index contributed by atoms with van der Waals surface area (Å²) in [6, 6.07) is 17.6. The van der Waals surface area contributed by atoms with Crippen molar-refractivity contribution < 1.29 is 4.79 Å². The van der Waals surface area contributed by atoms with Gasteiger partial charge in [-0.15, -0.1) is 10.2 Å². The zero-order chi connectivity index (χ0) is 18.4. The van der Waals surface area contributed by atoms with Crippen molar-refractivity contribution in [2.75, 3.05) is 10.7 Å². The maximum absolute atomic E-state index is 12.1. The highest BCUT2D eigenvalue weighted by Gasteiger charge is 2.13. The molecule has 26 heavy (non-hydrogen) atoms. The Morgan fingerprint density at radius 3 is 2.54 bits per heavy atom. The van der Waals surface area contributed by atoms with Crippen LogP contribution in [0.2, 0.25) is 5.02 Å². The lowest BCUT2D eigenvalue weighted by molar-refractivity contribution is 0.102. The molecule has 0 aliphatic carbocycles. The maximum atomic E-state index is 12.1. The number of nitrogens with zero attached hydrogens (tertiary/aromatic N) is 4. The lowest BCUT2D eigenvalue weighted by Gasteiger charge is -2.00. The third-order valence-electron chi connectivity index (χ3n) is 3.13. The molecule has 0 spiro atoms. The average Bonchev–Trinajstić information content (AvgIpc) is 3.12. The number of hydrazone groups is 1. The molecule has 7 nitrogen and oxygen atoms in total. The molecular formula is C17H11ClN6OS. The van der Waals surface area contributed by atoms with E-state index in [0.717, 1.165) is 11.3 Å². The van der Waals surface area contributed by atoms with Gasteiger partial charge >= 0.3 is 0 Å². The van der Waals surface area contributed by atoms with Crippen molar-refractivity contribution >= 4 is 45.4 Å². The number of amides is 1. The predicted octanol–water partition coefficient (Wildman–Crippen LogP) is 3.78. The molecule has 9 heteroatoms. The van der Waals surface area contributed by atoms with Gasteiger partial charge in [0.1, 0.15) is 6.07 Å². The van der Waals surface area contributed by atoms with Gasteiger partial charge in [-0.1, -0.05) is 41.1 Å². The molecule has 0 aliphatic rings. The van der Waals surface area contributed by atoms with Crippen LogP contribution in [0, 0.1) is 11.3 Å². The van der Waals surface area contributed by atoms with Crippen molar-refractivity contribution in [3.05, 3.63) is 70.2 Å². The molecule has 2 aromatic carbocycles. The van der Waals surface area contributed by atoms with Gasteiger partial charge in [0.05, 0.1) is 5.69 Å². The lowest BCUT2D eigenvalue weighted by Crippen LogP contribution is -2.11. The quantitative estimate of drug-likeness (QED) is 0.516. The number of benzene rings is 2. The first kappa shape index (κ1) is 17.5. The van der Waals surface area contributed by atoms with E-state index in [2.05, 4.69) is 26.0 Å². The average molecular weight is 383 g/mol. The van der Waals surface area contributed by atoms with Crippen LogP contribution < -0.4 is 10.7 Å². The molecule has 0 saturated carbocycles. The molecule has 0 unspecified atom stereocenters. The van der Waals surface area contributed by atoms with Gasteiger partial charge in [-0.05, 0) is 36.4 Å². The van der Waals surface area contributed by atoms with E-state index < -0.39 is 0 Å². The van der Waals surface area contributed by atoms with Crippen LogP contribution >= 0.6 is 22.9 Å². The zero-order valence-electron chi connectivity index (χ0n) is 13.2. The molecule has 0 bridgehead atoms. The maximum Gasteiger partial charge on any atom is 0.257 e. The summed E-state index contributed by atoms with van der Waals surface area (Å²) in [5.74, 6) is -0.303. The molecule has 1 amide bonds. The van der Waals surface area contributed by atoms with Gasteiger partial charge in [0.2, 0.25) is 5.13 Å². The van der Waals surface area contributed by atoms with Gasteiger partial charge in [-0.25, -0.2) is 0 Å². The third-order valence-corrected chi connectivity index (χ3v) is 4.23. The van der Waals surface area contributed by atoms with Crippen molar-refractivity contribution in [2.24, 2.45) is 5.10 Å². The topological polar surface area (TPSA) is 103 Å². The zero-order valence-corrected chi connectivity index (χ0v) is 14.8. The minimum Gasteiger partial charge on any atom is -0.296 e. The largest absolute Gasteiger partial charge is 0.296 e. The number of carbonyl (C=O) groups excluding carboxylic acids is 1. The summed E-state index contributed by atoms with van der Waals surface area (Å²) in [6.45, 7) is 0. The summed E-state index contributed by atoms with van der Waals surface area (Å²) in [6.07, 6.45) is 0. The Morgan fingerprint density at radius 2 is 1.85 bits per heavy atom. The molecule has 0 radical (unpaired) electrons. The Hall–Kier alpha value is -3.28. The normalized spacial score (nSPS) is 10.8. The van der Waals surface area contributed by atoms with Crippen LogP contribution in [0.15, 0.2) is 59.7 Å². The number of halogens is 1. The monoisotopic (exact) mass is 382 g/mol. The molecule has 3 rings (SSSR count). The fraction of sp³-hybridized carbons (Fsp3) is 0. The fourth-order valence-corrected chi connectivity index (χ4v) is 2.70. The number of anilines is 2. The summed E-state index contributed by atoms with van der Waals surface area (Å²) in [5, 5.41) is 24.9. The number of rotatable bonds is 5. The number of carbonyl (C=O) groups is 1. The molecule has 0 atom stereocenters. The van der Waals surface area contributed by atoms with Crippen LogP contribution in [0.1, 0.15) is 15.4 Å². The molecule has 0 saturated heterocycles. The first-order valence-corrected chi connectivity index (χ1v) is 8.55. The Balaban J connectivity index is 1.70.